The summed E-state index contributed by atoms with van der Waals surface area (Å²) in [7, 11) is 0.296. The summed E-state index contributed by atoms with van der Waals surface area (Å²) < 4.78 is 154. The molecule has 0 aromatic heterocycles. The molecule has 0 bridgehead atoms. The molecule has 0 fully saturated rings. The van der Waals surface area contributed by atoms with Gasteiger partial charge in [-0.25, -0.2) is 30.0 Å². The first-order valence-electron chi connectivity index (χ1n) is 29.2. The lowest BCUT2D eigenvalue weighted by Crippen LogP contribution is -2.35. The maximum atomic E-state index is 13.6. The molecular weight excluding hydrogens is 1520 g/mol. The number of carbonyl (C=O) groups is 1. The maximum absolute atomic E-state index is 13.6. The molecule has 0 unspecified atom stereocenters. The number of alkyl halides is 6. The number of benzene rings is 8. The molecule has 8 rings (SSSR count). The van der Waals surface area contributed by atoms with Crippen molar-refractivity contribution in [1.29, 1.82) is 0 Å². The molecule has 13 nitrogen and oxygen atoms in total. The van der Waals surface area contributed by atoms with Gasteiger partial charge in [0.1, 0.15) is 0 Å². The van der Waals surface area contributed by atoms with Crippen LogP contribution in [0.1, 0.15) is 105 Å². The summed E-state index contributed by atoms with van der Waals surface area (Å²) in [6.07, 6.45) is -7.55. The fourth-order valence-corrected chi connectivity index (χ4v) is 15.6. The average Bonchev–Trinajstić information content (AvgIpc) is 0.784. The molecule has 5 N–H and O–H groups in total. The largest absolute Gasteiger partial charge is 0.489 e. The van der Waals surface area contributed by atoms with E-state index in [2.05, 4.69) is 42.8 Å². The molecule has 0 aliphatic carbocycles. The van der Waals surface area contributed by atoms with Crippen LogP contribution in [-0.2, 0) is 84.9 Å². The van der Waals surface area contributed by atoms with Gasteiger partial charge in [0.15, 0.2) is 19.7 Å². The van der Waals surface area contributed by atoms with Crippen LogP contribution in [0.5, 0.6) is 0 Å². The molecule has 0 saturated carbocycles. The van der Waals surface area contributed by atoms with E-state index in [0.717, 1.165) is 67.1 Å². The predicted octanol–water partition coefficient (Wildman–Crippen LogP) is 17.2. The lowest BCUT2D eigenvalue weighted by molar-refractivity contribution is -0.137. The number of sulfone groups is 2. The second-order valence-corrected chi connectivity index (χ2v) is 31.5. The minimum absolute atomic E-state index is 0. The average molecular weight is 1600 g/mol. The zero-order chi connectivity index (χ0) is 72.6. The van der Waals surface area contributed by atoms with Crippen LogP contribution in [0.4, 0.5) is 32.0 Å². The number of nitrogen functional groups attached to an aromatic ring is 1. The number of aryl methyl sites for hydroxylation is 3. The Morgan fingerprint density at radius 1 is 0.526 bits per heavy atom. The molecule has 0 saturated heterocycles. The Bertz CT molecular complexity index is 4400. The van der Waals surface area contributed by atoms with E-state index in [1.54, 1.807) is 56.3 Å². The highest BCUT2D eigenvalue weighted by Gasteiger charge is 2.37. The summed E-state index contributed by atoms with van der Waals surface area (Å²) >= 11 is 17.8. The maximum Gasteiger partial charge on any atom is 0.489 e. The Morgan fingerprint density at radius 3 is 1.32 bits per heavy atom. The Balaban J connectivity index is 0.000000338. The first-order valence-corrected chi connectivity index (χ1v) is 37.2. The van der Waals surface area contributed by atoms with Crippen molar-refractivity contribution in [3.63, 3.8) is 0 Å². The van der Waals surface area contributed by atoms with E-state index >= 15 is 0 Å². The van der Waals surface area contributed by atoms with Crippen LogP contribution < -0.4 is 11.2 Å². The van der Waals surface area contributed by atoms with Crippen molar-refractivity contribution < 1.29 is 71.5 Å². The number of aromatic carboxylic acids is 1. The molecule has 97 heavy (non-hydrogen) atoms. The van der Waals surface area contributed by atoms with Crippen molar-refractivity contribution in [2.24, 2.45) is 0 Å². The van der Waals surface area contributed by atoms with Gasteiger partial charge in [-0.2, -0.15) is 26.3 Å². The molecule has 0 radical (unpaired) electrons. The summed E-state index contributed by atoms with van der Waals surface area (Å²) in [5, 5.41) is 25.9. The van der Waals surface area contributed by atoms with Crippen LogP contribution in [0.25, 0.3) is 11.1 Å². The smallest absolute Gasteiger partial charge is 0.478 e. The molecule has 0 heterocycles. The Morgan fingerprint density at radius 2 is 0.918 bits per heavy atom. The van der Waals surface area contributed by atoms with Crippen LogP contribution in [0.15, 0.2) is 169 Å². The monoisotopic (exact) mass is 1590 g/mol. The minimum atomic E-state index is -4.65. The van der Waals surface area contributed by atoms with Gasteiger partial charge >= 0.3 is 25.4 Å². The van der Waals surface area contributed by atoms with E-state index in [1.165, 1.54) is 48.0 Å². The van der Waals surface area contributed by atoms with E-state index in [9.17, 15) is 56.4 Å². The first-order chi connectivity index (χ1) is 44.5. The molecule has 8 aromatic rings. The minimum Gasteiger partial charge on any atom is -0.478 e. The standard InChI is InChI=1S/C26H27ClF3NO2S.C19H24BrNO2S.C8H8BrClO2S.C8H9NO2.C7H5BClF3O2.CH4/c1-5-18-13-19(23-11-10-22(27)14-24(23)26(28,29)30)9-12-25(18)34(32,33)16-21-8-6-7-20(17(21)2)15-31(3)4;1-5-15-11-18(20)9-10-19(15)24(22,23)13-17-8-6-7-16(14(17)2)12-21(3)4;1-2-6-5-7(9)3-4-8(6)13(10,11)12;1-5-6(8(10)11)3-2-4-7(5)9;9-4-1-2-6(8(13)14)5(3-4)7(10,11)12;/h6-14H,5,15-16H2,1-4H3;6-11H,5,12-13H2,1-4H3;3-5H,2H2,1H3;2-4H,9H2,1H3,(H,10,11);1-3,13-14H;1H4. The third kappa shape index (κ3) is 25.1. The van der Waals surface area contributed by atoms with Crippen LogP contribution >= 0.6 is 65.7 Å². The van der Waals surface area contributed by atoms with Crippen molar-refractivity contribution in [1.82, 2.24) is 9.80 Å². The quantitative estimate of drug-likeness (QED) is 0.0289. The number of nitrogens with two attached hydrogens (primary N) is 1. The fourth-order valence-electron chi connectivity index (χ4n) is 9.78. The second kappa shape index (κ2) is 37.0. The third-order valence-corrected chi connectivity index (χ3v) is 21.2. The number of carboxylic acids is 1. The van der Waals surface area contributed by atoms with E-state index < -0.39 is 70.8 Å². The molecule has 526 valence electrons. The summed E-state index contributed by atoms with van der Waals surface area (Å²) in [6, 6.07) is 37.4. The molecule has 0 atom stereocenters. The molecule has 28 heteroatoms. The molecule has 0 amide bonds. The van der Waals surface area contributed by atoms with Crippen LogP contribution in [0.3, 0.4) is 0 Å². The number of hydrogen-bond donors (Lipinski definition) is 4. The topological polar surface area (TPSA) is 213 Å². The van der Waals surface area contributed by atoms with Crippen molar-refractivity contribution in [2.45, 2.75) is 120 Å². The van der Waals surface area contributed by atoms with E-state index in [1.807, 2.05) is 91.1 Å². The van der Waals surface area contributed by atoms with Gasteiger partial charge in [0, 0.05) is 48.4 Å². The lowest BCUT2D eigenvalue weighted by Gasteiger charge is -2.17. The van der Waals surface area contributed by atoms with Gasteiger partial charge in [0.05, 0.1) is 42.9 Å². The van der Waals surface area contributed by atoms with E-state index in [-0.39, 0.29) is 49.9 Å². The SMILES string of the molecule is C.CCc1cc(-c2ccc(Cl)cc2C(F)(F)F)ccc1S(=O)(=O)Cc1cccc(CN(C)C)c1C.CCc1cc(Br)ccc1S(=O)(=O)Cc1cccc(CN(C)C)c1C.CCc1cc(Br)ccc1S(=O)(=O)Cl.Cc1c(N)cccc1C(=O)O.OB(O)c1ccc(Cl)cc1C(F)(F)F. The van der Waals surface area contributed by atoms with E-state index in [0.29, 0.717) is 64.7 Å². The van der Waals surface area contributed by atoms with Gasteiger partial charge in [-0.3, -0.25) is 0 Å². The second-order valence-electron chi connectivity index (χ2n) is 22.3. The van der Waals surface area contributed by atoms with Gasteiger partial charge in [-0.15, -0.1) is 0 Å². The molecule has 8 aromatic carbocycles. The number of hydrogen-bond acceptors (Lipinski definition) is 12. The van der Waals surface area contributed by atoms with Gasteiger partial charge in [-0.05, 0) is 225 Å². The highest BCUT2D eigenvalue weighted by molar-refractivity contribution is 9.10. The molecule has 0 spiro atoms. The molecular formula is C69H77BBr2Cl3F6N3O10S3. The van der Waals surface area contributed by atoms with Gasteiger partial charge in [-0.1, -0.05) is 144 Å². The number of rotatable bonds is 17. The van der Waals surface area contributed by atoms with Crippen molar-refractivity contribution in [3.8, 4) is 11.1 Å². The predicted molar refractivity (Wildman–Crippen MR) is 386 cm³/mol. The zero-order valence-corrected chi connectivity index (χ0v) is 61.8. The highest BCUT2D eigenvalue weighted by atomic mass is 79.9. The lowest BCUT2D eigenvalue weighted by atomic mass is 9.77. The summed E-state index contributed by atoms with van der Waals surface area (Å²) in [4.78, 5) is 15.4. The van der Waals surface area contributed by atoms with Crippen molar-refractivity contribution in [2.75, 3.05) is 33.9 Å². The highest BCUT2D eigenvalue weighted by Crippen LogP contribution is 2.40. The number of nitrogens with zero attached hydrogens (tertiary/aromatic N) is 2. The number of carboxylic acid groups (broad SMARTS) is 1. The normalized spacial score (nSPS) is 11.6. The summed E-state index contributed by atoms with van der Waals surface area (Å²) in [6.45, 7) is 12.7. The number of anilines is 1. The van der Waals surface area contributed by atoms with Crippen LogP contribution in [0.2, 0.25) is 10.0 Å². The van der Waals surface area contributed by atoms with Gasteiger partial charge in [0.25, 0.3) is 9.05 Å². The van der Waals surface area contributed by atoms with Gasteiger partial charge in [0.2, 0.25) is 0 Å². The van der Waals surface area contributed by atoms with E-state index in [4.69, 9.17) is 54.8 Å². The summed E-state index contributed by atoms with van der Waals surface area (Å²) in [5.41, 5.74) is 12.4. The first kappa shape index (κ1) is 85.4. The van der Waals surface area contributed by atoms with Crippen LogP contribution in [0, 0.1) is 20.8 Å². The van der Waals surface area contributed by atoms with Crippen molar-refractivity contribution >= 4 is 119 Å². The van der Waals surface area contributed by atoms with Gasteiger partial charge < -0.3 is 30.7 Å². The van der Waals surface area contributed by atoms with Crippen LogP contribution in [-0.4, -0.2) is 91.5 Å². The summed E-state index contributed by atoms with van der Waals surface area (Å²) in [5.74, 6) is -1.08. The van der Waals surface area contributed by atoms with Crippen molar-refractivity contribution in [3.05, 3.63) is 237 Å². The Hall–Kier alpha value is -5.81. The fraction of sp³-hybridized carbons (Fsp3) is 0.290. The molecule has 0 aliphatic rings. The zero-order valence-electron chi connectivity index (χ0n) is 53.9. The Labute approximate surface area is 597 Å². The molecule has 0 aliphatic heterocycles. The number of halogens is 11. The Kier molecular flexibility index (Phi) is 32.6. The third-order valence-electron chi connectivity index (χ3n) is 14.8.